The van der Waals surface area contributed by atoms with Gasteiger partial charge in [-0.2, -0.15) is 0 Å². The summed E-state index contributed by atoms with van der Waals surface area (Å²) in [6.45, 7) is 4.88. The highest BCUT2D eigenvalue weighted by molar-refractivity contribution is 6.22. The van der Waals surface area contributed by atoms with Crippen molar-refractivity contribution in [2.75, 3.05) is 18.5 Å². The van der Waals surface area contributed by atoms with Gasteiger partial charge in [0, 0.05) is 0 Å². The summed E-state index contributed by atoms with van der Waals surface area (Å²) in [6, 6.07) is 10.6. The Morgan fingerprint density at radius 1 is 1.07 bits per heavy atom. The van der Waals surface area contributed by atoms with Crippen molar-refractivity contribution in [1.29, 1.82) is 0 Å². The molecule has 1 atom stereocenters. The lowest BCUT2D eigenvalue weighted by Gasteiger charge is -2.20. The van der Waals surface area contributed by atoms with Crippen LogP contribution in [0.1, 0.15) is 40.1 Å². The van der Waals surface area contributed by atoms with E-state index in [4.69, 9.17) is 9.47 Å². The number of nitrogens with one attached hydrogen (secondary N) is 1. The molecule has 0 spiro atoms. The standard InChI is InChI=1S/C22H22N2O6/c1-4-29-18-8-6-5-7-17(18)23-19(25)12-30-22(28)14(3)24-20(26)15-10-9-13(2)11-16(15)21(24)27/h5-11,14H,4,12H2,1-3H3,(H,23,25). The van der Waals surface area contributed by atoms with Gasteiger partial charge in [0.15, 0.2) is 6.61 Å². The molecule has 156 valence electrons. The van der Waals surface area contributed by atoms with Gasteiger partial charge in [0.1, 0.15) is 11.8 Å². The second-order valence-corrected chi connectivity index (χ2v) is 6.79. The number of hydrogen-bond acceptors (Lipinski definition) is 6. The molecule has 1 N–H and O–H groups in total. The molecule has 1 unspecified atom stereocenters. The molecule has 2 aromatic carbocycles. The highest BCUT2D eigenvalue weighted by atomic mass is 16.5. The van der Waals surface area contributed by atoms with Gasteiger partial charge in [-0.15, -0.1) is 0 Å². The Bertz CT molecular complexity index is 1020. The predicted octanol–water partition coefficient (Wildman–Crippen LogP) is 2.56. The molecule has 1 heterocycles. The van der Waals surface area contributed by atoms with Crippen LogP contribution >= 0.6 is 0 Å². The SMILES string of the molecule is CCOc1ccccc1NC(=O)COC(=O)C(C)N1C(=O)c2ccc(C)cc2C1=O. The molecule has 0 fully saturated rings. The molecule has 0 aliphatic carbocycles. The first-order chi connectivity index (χ1) is 14.3. The number of fused-ring (bicyclic) bond motifs is 1. The van der Waals surface area contributed by atoms with Crippen LogP contribution in [0.3, 0.4) is 0 Å². The topological polar surface area (TPSA) is 102 Å². The maximum atomic E-state index is 12.6. The van der Waals surface area contributed by atoms with Crippen molar-refractivity contribution in [3.8, 4) is 5.75 Å². The number of carbonyl (C=O) groups excluding carboxylic acids is 4. The van der Waals surface area contributed by atoms with E-state index in [1.165, 1.54) is 6.92 Å². The number of nitrogens with zero attached hydrogens (tertiary/aromatic N) is 1. The Kier molecular flexibility index (Phi) is 6.15. The number of para-hydroxylation sites is 2. The molecule has 0 radical (unpaired) electrons. The van der Waals surface area contributed by atoms with Crippen LogP contribution in [0.4, 0.5) is 5.69 Å². The molecule has 2 aromatic rings. The molecular weight excluding hydrogens is 388 g/mol. The molecule has 8 nitrogen and oxygen atoms in total. The molecule has 30 heavy (non-hydrogen) atoms. The largest absolute Gasteiger partial charge is 0.492 e. The fourth-order valence-corrected chi connectivity index (χ4v) is 3.13. The van der Waals surface area contributed by atoms with Crippen molar-refractivity contribution in [2.45, 2.75) is 26.8 Å². The van der Waals surface area contributed by atoms with Gasteiger partial charge in [-0.05, 0) is 45.0 Å². The Balaban J connectivity index is 1.61. The van der Waals surface area contributed by atoms with E-state index in [0.717, 1.165) is 10.5 Å². The van der Waals surface area contributed by atoms with Crippen LogP contribution < -0.4 is 10.1 Å². The second kappa shape index (κ2) is 8.77. The lowest BCUT2D eigenvalue weighted by Crippen LogP contribution is -2.44. The number of rotatable bonds is 7. The number of ether oxygens (including phenoxy) is 2. The first-order valence-corrected chi connectivity index (χ1v) is 9.50. The van der Waals surface area contributed by atoms with Crippen molar-refractivity contribution >= 4 is 29.4 Å². The zero-order valence-corrected chi connectivity index (χ0v) is 16.9. The van der Waals surface area contributed by atoms with Gasteiger partial charge in [0.25, 0.3) is 17.7 Å². The van der Waals surface area contributed by atoms with E-state index in [1.54, 1.807) is 49.4 Å². The van der Waals surface area contributed by atoms with E-state index < -0.39 is 36.3 Å². The van der Waals surface area contributed by atoms with Crippen molar-refractivity contribution in [3.05, 3.63) is 59.2 Å². The third kappa shape index (κ3) is 4.17. The Labute approximate surface area is 173 Å². The van der Waals surface area contributed by atoms with Gasteiger partial charge in [-0.25, -0.2) is 4.79 Å². The maximum absolute atomic E-state index is 12.6. The Hall–Kier alpha value is -3.68. The molecule has 0 bridgehead atoms. The van der Waals surface area contributed by atoms with Crippen molar-refractivity contribution < 1.29 is 28.7 Å². The minimum absolute atomic E-state index is 0.246. The van der Waals surface area contributed by atoms with Crippen LogP contribution in [0.2, 0.25) is 0 Å². The summed E-state index contributed by atoms with van der Waals surface area (Å²) in [5.41, 5.74) is 1.78. The van der Waals surface area contributed by atoms with Gasteiger partial charge in [0.05, 0.1) is 23.4 Å². The van der Waals surface area contributed by atoms with E-state index in [2.05, 4.69) is 5.32 Å². The summed E-state index contributed by atoms with van der Waals surface area (Å²) in [4.78, 5) is 50.6. The third-order valence-electron chi connectivity index (χ3n) is 4.61. The first kappa shape index (κ1) is 21.0. The summed E-state index contributed by atoms with van der Waals surface area (Å²) < 4.78 is 10.5. The Morgan fingerprint density at radius 3 is 2.50 bits per heavy atom. The third-order valence-corrected chi connectivity index (χ3v) is 4.61. The van der Waals surface area contributed by atoms with E-state index in [1.807, 2.05) is 6.92 Å². The summed E-state index contributed by atoms with van der Waals surface area (Å²) in [5.74, 6) is -2.04. The molecule has 0 aromatic heterocycles. The van der Waals surface area contributed by atoms with E-state index >= 15 is 0 Å². The molecule has 0 saturated heterocycles. The summed E-state index contributed by atoms with van der Waals surface area (Å²) in [6.07, 6.45) is 0. The zero-order chi connectivity index (χ0) is 21.8. The lowest BCUT2D eigenvalue weighted by molar-refractivity contribution is -0.150. The number of amides is 3. The van der Waals surface area contributed by atoms with Crippen LogP contribution in [0, 0.1) is 6.92 Å². The van der Waals surface area contributed by atoms with Gasteiger partial charge in [-0.3, -0.25) is 19.3 Å². The zero-order valence-electron chi connectivity index (χ0n) is 16.9. The van der Waals surface area contributed by atoms with E-state index in [-0.39, 0.29) is 11.1 Å². The number of imide groups is 1. The molecular formula is C22H22N2O6. The van der Waals surface area contributed by atoms with Crippen LogP contribution in [0.25, 0.3) is 0 Å². The second-order valence-electron chi connectivity index (χ2n) is 6.79. The molecule has 1 aliphatic heterocycles. The minimum Gasteiger partial charge on any atom is -0.492 e. The summed E-state index contributed by atoms with van der Waals surface area (Å²) >= 11 is 0. The van der Waals surface area contributed by atoms with Crippen LogP contribution in [-0.4, -0.2) is 47.8 Å². The number of carbonyl (C=O) groups is 4. The van der Waals surface area contributed by atoms with Crippen molar-refractivity contribution in [3.63, 3.8) is 0 Å². The van der Waals surface area contributed by atoms with Gasteiger partial charge in [-0.1, -0.05) is 23.8 Å². The number of anilines is 1. The fourth-order valence-electron chi connectivity index (χ4n) is 3.13. The van der Waals surface area contributed by atoms with Gasteiger partial charge in [0.2, 0.25) is 0 Å². The number of esters is 1. The number of benzene rings is 2. The average Bonchev–Trinajstić information content (AvgIpc) is 2.97. The highest BCUT2D eigenvalue weighted by Gasteiger charge is 2.41. The lowest BCUT2D eigenvalue weighted by atomic mass is 10.1. The molecule has 8 heteroatoms. The minimum atomic E-state index is -1.17. The monoisotopic (exact) mass is 410 g/mol. The van der Waals surface area contributed by atoms with Gasteiger partial charge < -0.3 is 14.8 Å². The predicted molar refractivity (Wildman–Crippen MR) is 108 cm³/mol. The maximum Gasteiger partial charge on any atom is 0.329 e. The fraction of sp³-hybridized carbons (Fsp3) is 0.273. The number of hydrogen-bond donors (Lipinski definition) is 1. The molecule has 1 aliphatic rings. The molecule has 0 saturated carbocycles. The Morgan fingerprint density at radius 2 is 1.77 bits per heavy atom. The van der Waals surface area contributed by atoms with Crippen molar-refractivity contribution in [1.82, 2.24) is 4.90 Å². The highest BCUT2D eigenvalue weighted by Crippen LogP contribution is 2.26. The normalized spacial score (nSPS) is 13.6. The first-order valence-electron chi connectivity index (χ1n) is 9.50. The smallest absolute Gasteiger partial charge is 0.329 e. The summed E-state index contributed by atoms with van der Waals surface area (Å²) in [5, 5.41) is 2.61. The van der Waals surface area contributed by atoms with Crippen LogP contribution in [0.5, 0.6) is 5.75 Å². The quantitative estimate of drug-likeness (QED) is 0.556. The number of aryl methyl sites for hydroxylation is 1. The van der Waals surface area contributed by atoms with E-state index in [9.17, 15) is 19.2 Å². The van der Waals surface area contributed by atoms with Crippen molar-refractivity contribution in [2.24, 2.45) is 0 Å². The average molecular weight is 410 g/mol. The summed E-state index contributed by atoms with van der Waals surface area (Å²) in [7, 11) is 0. The van der Waals surface area contributed by atoms with Gasteiger partial charge >= 0.3 is 5.97 Å². The van der Waals surface area contributed by atoms with E-state index in [0.29, 0.717) is 18.0 Å². The molecule has 3 amide bonds. The molecule has 3 rings (SSSR count). The van der Waals surface area contributed by atoms with Crippen LogP contribution in [-0.2, 0) is 14.3 Å². The van der Waals surface area contributed by atoms with Crippen LogP contribution in [0.15, 0.2) is 42.5 Å².